The standard InChI is InChI=1S/C16H23NS/c1-2-12-8-10-14(11-9-12)15(16(17)18)13-6-4-3-5-7-13/h8-11,13,15H,2-7H2,1H3,(H2,17,18). The smallest absolute Gasteiger partial charge is 0.0806 e. The average molecular weight is 261 g/mol. The molecule has 2 N–H and O–H groups in total. The van der Waals surface area contributed by atoms with Crippen molar-refractivity contribution < 1.29 is 0 Å². The molecule has 0 heterocycles. The van der Waals surface area contributed by atoms with Crippen LogP contribution in [-0.2, 0) is 6.42 Å². The Balaban J connectivity index is 2.20. The van der Waals surface area contributed by atoms with Crippen LogP contribution in [0.4, 0.5) is 0 Å². The van der Waals surface area contributed by atoms with Gasteiger partial charge in [0, 0.05) is 5.92 Å². The summed E-state index contributed by atoms with van der Waals surface area (Å²) in [6.45, 7) is 2.18. The second kappa shape index (κ2) is 6.33. The summed E-state index contributed by atoms with van der Waals surface area (Å²) < 4.78 is 0. The summed E-state index contributed by atoms with van der Waals surface area (Å²) in [5.41, 5.74) is 8.69. The maximum Gasteiger partial charge on any atom is 0.0806 e. The second-order valence-electron chi connectivity index (χ2n) is 5.37. The van der Waals surface area contributed by atoms with Crippen molar-refractivity contribution in [1.29, 1.82) is 0 Å². The third-order valence-corrected chi connectivity index (χ3v) is 4.43. The number of aryl methyl sites for hydroxylation is 1. The van der Waals surface area contributed by atoms with Gasteiger partial charge in [-0.1, -0.05) is 62.7 Å². The molecule has 1 aromatic carbocycles. The van der Waals surface area contributed by atoms with Crippen molar-refractivity contribution in [3.8, 4) is 0 Å². The Morgan fingerprint density at radius 2 is 1.83 bits per heavy atom. The van der Waals surface area contributed by atoms with E-state index < -0.39 is 0 Å². The van der Waals surface area contributed by atoms with E-state index in [1.807, 2.05) is 0 Å². The number of rotatable bonds is 4. The van der Waals surface area contributed by atoms with Crippen LogP contribution in [0.15, 0.2) is 24.3 Å². The minimum Gasteiger partial charge on any atom is -0.393 e. The summed E-state index contributed by atoms with van der Waals surface area (Å²) in [5, 5.41) is 0. The molecule has 0 bridgehead atoms. The van der Waals surface area contributed by atoms with Crippen molar-refractivity contribution in [3.63, 3.8) is 0 Å². The van der Waals surface area contributed by atoms with Gasteiger partial charge in [0.15, 0.2) is 0 Å². The Bertz CT molecular complexity index is 390. The molecule has 98 valence electrons. The summed E-state index contributed by atoms with van der Waals surface area (Å²) in [4.78, 5) is 0.672. The zero-order chi connectivity index (χ0) is 13.0. The topological polar surface area (TPSA) is 26.0 Å². The molecule has 1 atom stereocenters. The number of thiocarbonyl (C=S) groups is 1. The van der Waals surface area contributed by atoms with Gasteiger partial charge in [0.1, 0.15) is 0 Å². The third kappa shape index (κ3) is 3.11. The van der Waals surface area contributed by atoms with Gasteiger partial charge in [0.2, 0.25) is 0 Å². The summed E-state index contributed by atoms with van der Waals surface area (Å²) in [7, 11) is 0. The van der Waals surface area contributed by atoms with Crippen LogP contribution >= 0.6 is 12.2 Å². The molecule has 0 radical (unpaired) electrons. The predicted octanol–water partition coefficient (Wildman–Crippen LogP) is 4.20. The van der Waals surface area contributed by atoms with Gasteiger partial charge in [-0.2, -0.15) is 0 Å². The quantitative estimate of drug-likeness (QED) is 0.822. The first-order valence-corrected chi connectivity index (χ1v) is 7.51. The van der Waals surface area contributed by atoms with Gasteiger partial charge in [0.05, 0.1) is 4.99 Å². The predicted molar refractivity (Wildman–Crippen MR) is 81.9 cm³/mol. The van der Waals surface area contributed by atoms with Crippen molar-refractivity contribution in [2.24, 2.45) is 11.7 Å². The highest BCUT2D eigenvalue weighted by molar-refractivity contribution is 7.80. The number of nitrogens with two attached hydrogens (primary N) is 1. The summed E-state index contributed by atoms with van der Waals surface area (Å²) in [6.07, 6.45) is 7.67. The first kappa shape index (κ1) is 13.5. The molecule has 1 saturated carbocycles. The average Bonchev–Trinajstić information content (AvgIpc) is 2.40. The summed E-state index contributed by atoms with van der Waals surface area (Å²) >= 11 is 5.32. The summed E-state index contributed by atoms with van der Waals surface area (Å²) in [5.74, 6) is 0.940. The lowest BCUT2D eigenvalue weighted by Gasteiger charge is -2.30. The van der Waals surface area contributed by atoms with Gasteiger partial charge >= 0.3 is 0 Å². The molecule has 2 heteroatoms. The van der Waals surface area contributed by atoms with Crippen LogP contribution in [0.5, 0.6) is 0 Å². The van der Waals surface area contributed by atoms with E-state index in [-0.39, 0.29) is 5.92 Å². The Morgan fingerprint density at radius 3 is 2.33 bits per heavy atom. The monoisotopic (exact) mass is 261 g/mol. The molecule has 1 aliphatic carbocycles. The first-order chi connectivity index (χ1) is 8.72. The molecule has 0 aliphatic heterocycles. The normalized spacial score (nSPS) is 18.5. The van der Waals surface area contributed by atoms with E-state index in [9.17, 15) is 0 Å². The van der Waals surface area contributed by atoms with Crippen molar-refractivity contribution in [3.05, 3.63) is 35.4 Å². The van der Waals surface area contributed by atoms with Crippen LogP contribution in [-0.4, -0.2) is 4.99 Å². The minimum absolute atomic E-state index is 0.284. The molecular weight excluding hydrogens is 238 g/mol. The van der Waals surface area contributed by atoms with E-state index in [4.69, 9.17) is 18.0 Å². The van der Waals surface area contributed by atoms with Crippen LogP contribution in [0.2, 0.25) is 0 Å². The maximum absolute atomic E-state index is 6.00. The maximum atomic E-state index is 6.00. The van der Waals surface area contributed by atoms with Crippen molar-refractivity contribution in [1.82, 2.24) is 0 Å². The molecule has 0 spiro atoms. The SMILES string of the molecule is CCc1ccc(C(C(N)=S)C2CCCCC2)cc1. The Labute approximate surface area is 116 Å². The van der Waals surface area contributed by atoms with Gasteiger partial charge < -0.3 is 5.73 Å². The van der Waals surface area contributed by atoms with Gasteiger partial charge in [0.25, 0.3) is 0 Å². The largest absolute Gasteiger partial charge is 0.393 e. The van der Waals surface area contributed by atoms with Crippen molar-refractivity contribution in [2.75, 3.05) is 0 Å². The van der Waals surface area contributed by atoms with Crippen LogP contribution in [0.3, 0.4) is 0 Å². The van der Waals surface area contributed by atoms with Gasteiger partial charge in [-0.15, -0.1) is 0 Å². The van der Waals surface area contributed by atoms with Gasteiger partial charge in [-0.25, -0.2) is 0 Å². The minimum atomic E-state index is 0.284. The van der Waals surface area contributed by atoms with E-state index >= 15 is 0 Å². The fraction of sp³-hybridized carbons (Fsp3) is 0.562. The molecule has 18 heavy (non-hydrogen) atoms. The number of benzene rings is 1. The highest BCUT2D eigenvalue weighted by Gasteiger charge is 2.26. The molecule has 1 aromatic rings. The van der Waals surface area contributed by atoms with E-state index in [0.29, 0.717) is 10.9 Å². The lowest BCUT2D eigenvalue weighted by atomic mass is 9.76. The second-order valence-corrected chi connectivity index (χ2v) is 5.84. The Hall–Kier alpha value is -0.890. The third-order valence-electron chi connectivity index (χ3n) is 4.17. The number of hydrogen-bond donors (Lipinski definition) is 1. The highest BCUT2D eigenvalue weighted by atomic mass is 32.1. The molecule has 1 aliphatic rings. The fourth-order valence-corrected chi connectivity index (χ4v) is 3.43. The van der Waals surface area contributed by atoms with Crippen molar-refractivity contribution >= 4 is 17.2 Å². The molecule has 1 fully saturated rings. The van der Waals surface area contributed by atoms with Crippen LogP contribution < -0.4 is 5.73 Å². The summed E-state index contributed by atoms with van der Waals surface area (Å²) in [6, 6.07) is 8.86. The molecule has 1 unspecified atom stereocenters. The van der Waals surface area contributed by atoms with Crippen LogP contribution in [0.25, 0.3) is 0 Å². The first-order valence-electron chi connectivity index (χ1n) is 7.10. The van der Waals surface area contributed by atoms with E-state index in [1.165, 1.54) is 43.2 Å². The number of hydrogen-bond acceptors (Lipinski definition) is 1. The Kier molecular flexibility index (Phi) is 4.76. The molecule has 2 rings (SSSR count). The van der Waals surface area contributed by atoms with Crippen LogP contribution in [0.1, 0.15) is 56.1 Å². The lowest BCUT2D eigenvalue weighted by Crippen LogP contribution is -2.28. The van der Waals surface area contributed by atoms with Crippen LogP contribution in [0, 0.1) is 5.92 Å². The fourth-order valence-electron chi connectivity index (χ4n) is 3.10. The molecule has 1 nitrogen and oxygen atoms in total. The lowest BCUT2D eigenvalue weighted by molar-refractivity contribution is 0.342. The molecule has 0 aromatic heterocycles. The van der Waals surface area contributed by atoms with E-state index in [1.54, 1.807) is 0 Å². The highest BCUT2D eigenvalue weighted by Crippen LogP contribution is 2.36. The van der Waals surface area contributed by atoms with E-state index in [0.717, 1.165) is 6.42 Å². The zero-order valence-corrected chi connectivity index (χ0v) is 12.0. The molecular formula is C16H23NS. The van der Waals surface area contributed by atoms with Crippen molar-refractivity contribution in [2.45, 2.75) is 51.4 Å². The van der Waals surface area contributed by atoms with Gasteiger partial charge in [-0.05, 0) is 36.3 Å². The van der Waals surface area contributed by atoms with Gasteiger partial charge in [-0.3, -0.25) is 0 Å². The molecule has 0 amide bonds. The van der Waals surface area contributed by atoms with E-state index in [2.05, 4.69) is 31.2 Å². The molecule has 0 saturated heterocycles. The Morgan fingerprint density at radius 1 is 1.22 bits per heavy atom. The zero-order valence-electron chi connectivity index (χ0n) is 11.2.